The molecule has 172 valence electrons. The Morgan fingerprint density at radius 1 is 1.03 bits per heavy atom. The van der Waals surface area contributed by atoms with Gasteiger partial charge in [-0.15, -0.1) is 11.8 Å². The molecular weight excluding hydrogens is 416 g/mol. The summed E-state index contributed by atoms with van der Waals surface area (Å²) >= 11 is 1.61. The molecule has 3 rings (SSSR count). The van der Waals surface area contributed by atoms with Gasteiger partial charge in [0, 0.05) is 18.3 Å². The lowest BCUT2D eigenvalue weighted by Crippen LogP contribution is -2.50. The van der Waals surface area contributed by atoms with Crippen molar-refractivity contribution in [3.63, 3.8) is 0 Å². The Morgan fingerprint density at radius 3 is 2.41 bits per heavy atom. The molecule has 5 heteroatoms. The third kappa shape index (κ3) is 7.13. The van der Waals surface area contributed by atoms with Gasteiger partial charge in [0.25, 0.3) is 0 Å². The third-order valence-electron chi connectivity index (χ3n) is 6.34. The molecule has 1 fully saturated rings. The van der Waals surface area contributed by atoms with Crippen LogP contribution in [0.5, 0.6) is 0 Å². The average Bonchev–Trinajstić information content (AvgIpc) is 2.80. The molecule has 1 aliphatic rings. The topological polar surface area (TPSA) is 49.4 Å². The summed E-state index contributed by atoms with van der Waals surface area (Å²) in [5.41, 5.74) is 4.72. The molecule has 0 heterocycles. The predicted octanol–water partition coefficient (Wildman–Crippen LogP) is 5.40. The van der Waals surface area contributed by atoms with E-state index in [9.17, 15) is 9.59 Å². The zero-order chi connectivity index (χ0) is 22.9. The van der Waals surface area contributed by atoms with E-state index in [1.54, 1.807) is 16.7 Å². The van der Waals surface area contributed by atoms with Crippen molar-refractivity contribution in [2.24, 2.45) is 0 Å². The van der Waals surface area contributed by atoms with Crippen molar-refractivity contribution >= 4 is 23.6 Å². The maximum Gasteiger partial charge on any atom is 0.242 e. The molecule has 0 aliphatic heterocycles. The number of rotatable bonds is 9. The van der Waals surface area contributed by atoms with Gasteiger partial charge >= 0.3 is 0 Å². The van der Waals surface area contributed by atoms with E-state index in [4.69, 9.17) is 0 Å². The second-order valence-corrected chi connectivity index (χ2v) is 9.93. The van der Waals surface area contributed by atoms with Gasteiger partial charge in [0.05, 0.1) is 5.75 Å². The molecule has 0 bridgehead atoms. The largest absolute Gasteiger partial charge is 0.352 e. The molecule has 1 saturated carbocycles. The number of hydrogen-bond donors (Lipinski definition) is 1. The van der Waals surface area contributed by atoms with Gasteiger partial charge in [0.1, 0.15) is 6.04 Å². The van der Waals surface area contributed by atoms with Crippen molar-refractivity contribution in [3.8, 4) is 0 Å². The van der Waals surface area contributed by atoms with Crippen LogP contribution in [0.4, 0.5) is 0 Å². The van der Waals surface area contributed by atoms with Crippen molar-refractivity contribution in [1.29, 1.82) is 0 Å². The summed E-state index contributed by atoms with van der Waals surface area (Å²) in [6, 6.07) is 16.2. The third-order valence-corrected chi connectivity index (χ3v) is 7.30. The van der Waals surface area contributed by atoms with Gasteiger partial charge in [-0.3, -0.25) is 9.59 Å². The van der Waals surface area contributed by atoms with Gasteiger partial charge in [-0.1, -0.05) is 73.4 Å². The predicted molar refractivity (Wildman–Crippen MR) is 134 cm³/mol. The molecule has 1 atom stereocenters. The highest BCUT2D eigenvalue weighted by Crippen LogP contribution is 2.20. The van der Waals surface area contributed by atoms with E-state index in [0.717, 1.165) is 24.2 Å². The van der Waals surface area contributed by atoms with Crippen LogP contribution in [0, 0.1) is 13.8 Å². The number of benzene rings is 2. The monoisotopic (exact) mass is 452 g/mol. The Morgan fingerprint density at radius 2 is 1.72 bits per heavy atom. The highest BCUT2D eigenvalue weighted by atomic mass is 32.2. The van der Waals surface area contributed by atoms with Crippen LogP contribution in [0.2, 0.25) is 0 Å². The van der Waals surface area contributed by atoms with Crippen LogP contribution in [-0.4, -0.2) is 34.6 Å². The summed E-state index contributed by atoms with van der Waals surface area (Å²) in [6.07, 6.45) is 5.66. The van der Waals surface area contributed by atoms with Crippen LogP contribution in [0.1, 0.15) is 61.3 Å². The molecule has 0 spiro atoms. The first-order valence-electron chi connectivity index (χ1n) is 11.7. The number of carbonyl (C=O) groups excluding carboxylic acids is 2. The fourth-order valence-corrected chi connectivity index (χ4v) is 5.13. The van der Waals surface area contributed by atoms with Gasteiger partial charge in [-0.25, -0.2) is 0 Å². The van der Waals surface area contributed by atoms with Crippen LogP contribution in [0.25, 0.3) is 0 Å². The van der Waals surface area contributed by atoms with E-state index in [-0.39, 0.29) is 17.9 Å². The zero-order valence-electron chi connectivity index (χ0n) is 19.6. The Balaban J connectivity index is 1.65. The maximum absolute atomic E-state index is 13.3. The number of thioether (sulfide) groups is 1. The first-order chi connectivity index (χ1) is 15.4. The fraction of sp³-hybridized carbons (Fsp3) is 0.481. The number of carbonyl (C=O) groups is 2. The number of hydrogen-bond acceptors (Lipinski definition) is 3. The summed E-state index contributed by atoms with van der Waals surface area (Å²) in [5, 5.41) is 3.20. The van der Waals surface area contributed by atoms with Gasteiger partial charge in [0.2, 0.25) is 11.8 Å². The van der Waals surface area contributed by atoms with Crippen LogP contribution in [0.15, 0.2) is 48.5 Å². The number of nitrogens with one attached hydrogen (secondary N) is 1. The normalized spacial score (nSPS) is 15.2. The fourth-order valence-electron chi connectivity index (χ4n) is 4.14. The molecule has 1 aliphatic carbocycles. The number of amides is 2. The summed E-state index contributed by atoms with van der Waals surface area (Å²) in [4.78, 5) is 28.0. The molecule has 2 amide bonds. The molecule has 32 heavy (non-hydrogen) atoms. The summed E-state index contributed by atoms with van der Waals surface area (Å²) in [5.74, 6) is 1.12. The van der Waals surface area contributed by atoms with E-state index in [0.29, 0.717) is 12.3 Å². The van der Waals surface area contributed by atoms with Crippen LogP contribution >= 0.6 is 11.8 Å². The molecule has 2 aromatic rings. The standard InChI is InChI=1S/C27H36N2O2S/c1-20-13-15-23(16-14-20)17-29(22(3)27(31)28-25-11-5-4-6-12-25)26(30)19-32-18-24-10-8-7-9-21(24)2/h7-10,13-16,22,25H,4-6,11-12,17-19H2,1-3H3,(H,28,31)/t22-/m0/s1. The highest BCUT2D eigenvalue weighted by Gasteiger charge is 2.28. The Hall–Kier alpha value is -2.27. The molecule has 0 saturated heterocycles. The molecule has 2 aromatic carbocycles. The van der Waals surface area contributed by atoms with Gasteiger partial charge < -0.3 is 10.2 Å². The summed E-state index contributed by atoms with van der Waals surface area (Å²) in [6.45, 7) is 6.45. The zero-order valence-corrected chi connectivity index (χ0v) is 20.4. The molecule has 0 unspecified atom stereocenters. The Bertz CT molecular complexity index is 891. The Labute approximate surface area is 197 Å². The SMILES string of the molecule is Cc1ccc(CN(C(=O)CSCc2ccccc2C)[C@@H](C)C(=O)NC2CCCCC2)cc1. The maximum atomic E-state index is 13.3. The first-order valence-corrected chi connectivity index (χ1v) is 12.9. The van der Waals surface area contributed by atoms with E-state index in [2.05, 4.69) is 43.4 Å². The van der Waals surface area contributed by atoms with Crippen molar-refractivity contribution in [1.82, 2.24) is 10.2 Å². The molecule has 1 N–H and O–H groups in total. The molecular formula is C27H36N2O2S. The summed E-state index contributed by atoms with van der Waals surface area (Å²) < 4.78 is 0. The van der Waals surface area contributed by atoms with Crippen molar-refractivity contribution < 1.29 is 9.59 Å². The first kappa shape index (κ1) is 24.4. The average molecular weight is 453 g/mol. The van der Waals surface area contributed by atoms with Crippen molar-refractivity contribution in [3.05, 3.63) is 70.8 Å². The highest BCUT2D eigenvalue weighted by molar-refractivity contribution is 7.99. The minimum absolute atomic E-state index is 0.00968. The van der Waals surface area contributed by atoms with Crippen molar-refractivity contribution in [2.45, 2.75) is 77.3 Å². The number of aryl methyl sites for hydroxylation is 2. The number of nitrogens with zero attached hydrogens (tertiary/aromatic N) is 1. The second kappa shape index (κ2) is 12.1. The molecule has 4 nitrogen and oxygen atoms in total. The van der Waals surface area contributed by atoms with E-state index in [1.165, 1.54) is 36.0 Å². The Kier molecular flexibility index (Phi) is 9.22. The minimum atomic E-state index is -0.496. The molecule has 0 aromatic heterocycles. The lowest BCUT2D eigenvalue weighted by molar-refractivity contribution is -0.139. The quantitative estimate of drug-likeness (QED) is 0.554. The van der Waals surface area contributed by atoms with Crippen LogP contribution in [-0.2, 0) is 21.9 Å². The van der Waals surface area contributed by atoms with Gasteiger partial charge in [-0.2, -0.15) is 0 Å². The van der Waals surface area contributed by atoms with Crippen LogP contribution in [0.3, 0.4) is 0 Å². The lowest BCUT2D eigenvalue weighted by Gasteiger charge is -2.31. The second-order valence-electron chi connectivity index (χ2n) is 8.95. The minimum Gasteiger partial charge on any atom is -0.352 e. The lowest BCUT2D eigenvalue weighted by atomic mass is 9.95. The van der Waals surface area contributed by atoms with Gasteiger partial charge in [0.15, 0.2) is 0 Å². The summed E-state index contributed by atoms with van der Waals surface area (Å²) in [7, 11) is 0. The molecule has 0 radical (unpaired) electrons. The van der Waals surface area contributed by atoms with E-state index in [1.807, 2.05) is 31.2 Å². The smallest absolute Gasteiger partial charge is 0.242 e. The van der Waals surface area contributed by atoms with E-state index < -0.39 is 6.04 Å². The van der Waals surface area contributed by atoms with Crippen molar-refractivity contribution in [2.75, 3.05) is 5.75 Å². The van der Waals surface area contributed by atoms with Crippen LogP contribution < -0.4 is 5.32 Å². The van der Waals surface area contributed by atoms with Gasteiger partial charge in [-0.05, 0) is 50.3 Å². The van der Waals surface area contributed by atoms with E-state index >= 15 is 0 Å².